The first kappa shape index (κ1) is 32.2. The topological polar surface area (TPSA) is 275 Å². The predicted octanol–water partition coefficient (Wildman–Crippen LogP) is 0.774. The molecule has 6 atom stereocenters. The average Bonchev–Trinajstić information content (AvgIpc) is 3.34. The Morgan fingerprint density at radius 3 is 2.36 bits per heavy atom. The van der Waals surface area contributed by atoms with Gasteiger partial charge in [0.2, 0.25) is 0 Å². The first-order chi connectivity index (χ1) is 19.4. The number of fused-ring (bicyclic) bond motifs is 1. The van der Waals surface area contributed by atoms with Crippen LogP contribution in [0.15, 0.2) is 36.8 Å². The second kappa shape index (κ2) is 11.8. The Hall–Kier alpha value is -2.71. The van der Waals surface area contributed by atoms with E-state index in [2.05, 4.69) is 35.0 Å². The molecule has 1 aliphatic heterocycles. The fourth-order valence-corrected chi connectivity index (χ4v) is 7.07. The summed E-state index contributed by atoms with van der Waals surface area (Å²) in [4.78, 5) is 44.5. The molecule has 0 spiro atoms. The highest BCUT2D eigenvalue weighted by Crippen LogP contribution is 2.66. The van der Waals surface area contributed by atoms with Crippen LogP contribution >= 0.6 is 23.5 Å². The van der Waals surface area contributed by atoms with E-state index in [0.717, 1.165) is 6.33 Å². The highest BCUT2D eigenvalue weighted by Gasteiger charge is 2.54. The number of aliphatic hydroxyl groups is 2. The summed E-state index contributed by atoms with van der Waals surface area (Å²) in [5.41, 5.74) is 5.13. The molecule has 2 unspecified atom stereocenters. The van der Waals surface area contributed by atoms with Crippen molar-refractivity contribution in [3.8, 4) is 17.6 Å². The molecule has 3 aromatic rings. The normalized spacial score (nSPS) is 25.4. The Morgan fingerprint density at radius 2 is 1.74 bits per heavy atom. The lowest BCUT2D eigenvalue weighted by Gasteiger charge is -2.27. The average molecular weight is 650 g/mol. The summed E-state index contributed by atoms with van der Waals surface area (Å²) in [6.07, 6.45) is -2.12. The fourth-order valence-electron chi connectivity index (χ4n) is 4.04. The largest absolute Gasteiger partial charge is 0.497 e. The minimum Gasteiger partial charge on any atom is -0.497 e. The maximum Gasteiger partial charge on any atom is 0.490 e. The van der Waals surface area contributed by atoms with Gasteiger partial charge >= 0.3 is 23.5 Å². The molecule has 1 aromatic carbocycles. The van der Waals surface area contributed by atoms with Gasteiger partial charge in [0.1, 0.15) is 41.4 Å². The molecule has 8 N–H and O–H groups in total. The SMILES string of the molecule is COc1ccc(C#Cc2cn([C@@H]3O[C@H](COP(=O)(O)OP(=O)(O)OP(=O)(O)O)[C@@H](O)[C@@]3(C)O)c3ncnc(N)c23)cc1. The van der Waals surface area contributed by atoms with Crippen molar-refractivity contribution >= 4 is 40.3 Å². The molecule has 1 aliphatic rings. The van der Waals surface area contributed by atoms with Gasteiger partial charge in [0.25, 0.3) is 0 Å². The molecule has 0 saturated carbocycles. The summed E-state index contributed by atoms with van der Waals surface area (Å²) in [5, 5.41) is 22.2. The molecule has 0 radical (unpaired) electrons. The van der Waals surface area contributed by atoms with Crippen molar-refractivity contribution in [3.63, 3.8) is 0 Å². The van der Waals surface area contributed by atoms with E-state index >= 15 is 0 Å². The molecule has 4 rings (SSSR count). The number of ether oxygens (including phenoxy) is 2. The molecule has 228 valence electrons. The number of rotatable bonds is 9. The highest BCUT2D eigenvalue weighted by molar-refractivity contribution is 7.66. The zero-order valence-corrected chi connectivity index (χ0v) is 24.3. The summed E-state index contributed by atoms with van der Waals surface area (Å²) in [5.74, 6) is 6.62. The molecule has 0 amide bonds. The van der Waals surface area contributed by atoms with Crippen LogP contribution in [0.5, 0.6) is 5.75 Å². The number of nitrogens with zero attached hydrogens (tertiary/aromatic N) is 3. The number of hydrogen-bond acceptors (Lipinski definition) is 13. The van der Waals surface area contributed by atoms with E-state index in [1.165, 1.54) is 24.8 Å². The maximum absolute atomic E-state index is 12.1. The van der Waals surface area contributed by atoms with Crippen molar-refractivity contribution in [2.75, 3.05) is 19.5 Å². The van der Waals surface area contributed by atoms with E-state index in [-0.39, 0.29) is 11.5 Å². The molecule has 0 aliphatic carbocycles. The van der Waals surface area contributed by atoms with Crippen LogP contribution in [0.2, 0.25) is 0 Å². The van der Waals surface area contributed by atoms with Gasteiger partial charge in [0.05, 0.1) is 24.7 Å². The lowest BCUT2D eigenvalue weighted by molar-refractivity contribution is -0.0947. The number of aliphatic hydroxyl groups excluding tert-OH is 1. The van der Waals surface area contributed by atoms with Crippen LogP contribution in [-0.2, 0) is 31.6 Å². The first-order valence-corrected chi connectivity index (χ1v) is 16.1. The Kier molecular flexibility index (Phi) is 9.02. The quantitative estimate of drug-likeness (QED) is 0.124. The Bertz CT molecular complexity index is 1680. The number of aromatic nitrogens is 3. The molecule has 2 aromatic heterocycles. The lowest BCUT2D eigenvalue weighted by Crippen LogP contribution is -2.44. The highest BCUT2D eigenvalue weighted by atomic mass is 31.3. The number of phosphoric acid groups is 3. The fraction of sp³-hybridized carbons (Fsp3) is 0.333. The van der Waals surface area contributed by atoms with E-state index in [1.54, 1.807) is 24.3 Å². The van der Waals surface area contributed by atoms with Crippen LogP contribution in [0.1, 0.15) is 24.3 Å². The summed E-state index contributed by atoms with van der Waals surface area (Å²) in [6.45, 7) is 0.199. The summed E-state index contributed by atoms with van der Waals surface area (Å²) < 4.78 is 58.6. The minimum atomic E-state index is -5.76. The van der Waals surface area contributed by atoms with Crippen LogP contribution in [0, 0.1) is 11.8 Å². The van der Waals surface area contributed by atoms with Crippen molar-refractivity contribution < 1.29 is 66.1 Å². The van der Waals surface area contributed by atoms with Crippen LogP contribution in [-0.4, -0.2) is 75.8 Å². The number of phosphoric ester groups is 1. The molecule has 0 bridgehead atoms. The third kappa shape index (κ3) is 7.25. The third-order valence-corrected chi connectivity index (χ3v) is 9.70. The van der Waals surface area contributed by atoms with Crippen molar-refractivity contribution in [1.82, 2.24) is 14.5 Å². The smallest absolute Gasteiger partial charge is 0.490 e. The minimum absolute atomic E-state index is 0.0557. The number of benzene rings is 1. The van der Waals surface area contributed by atoms with Crippen LogP contribution in [0.3, 0.4) is 0 Å². The number of anilines is 1. The van der Waals surface area contributed by atoms with Crippen molar-refractivity contribution in [2.24, 2.45) is 0 Å². The van der Waals surface area contributed by atoms with Gasteiger partial charge in [-0.2, -0.15) is 8.62 Å². The number of nitrogens with two attached hydrogens (primary N) is 1. The Morgan fingerprint density at radius 1 is 1.07 bits per heavy atom. The molecule has 1 fully saturated rings. The van der Waals surface area contributed by atoms with Gasteiger partial charge in [-0.15, -0.1) is 0 Å². The van der Waals surface area contributed by atoms with Crippen molar-refractivity contribution in [1.29, 1.82) is 0 Å². The summed E-state index contributed by atoms with van der Waals surface area (Å²) >= 11 is 0. The van der Waals surface area contributed by atoms with Gasteiger partial charge in [-0.1, -0.05) is 11.8 Å². The second-order valence-electron chi connectivity index (χ2n) is 8.97. The van der Waals surface area contributed by atoms with Crippen molar-refractivity contribution in [3.05, 3.63) is 47.9 Å². The summed E-state index contributed by atoms with van der Waals surface area (Å²) in [7, 11) is -15.3. The number of nitrogen functional groups attached to an aromatic ring is 1. The monoisotopic (exact) mass is 650 g/mol. The van der Waals surface area contributed by atoms with E-state index < -0.39 is 54.1 Å². The predicted molar refractivity (Wildman–Crippen MR) is 141 cm³/mol. The van der Waals surface area contributed by atoms with E-state index in [0.29, 0.717) is 22.3 Å². The third-order valence-electron chi connectivity index (χ3n) is 5.90. The first-order valence-electron chi connectivity index (χ1n) is 11.5. The molecule has 1 saturated heterocycles. The zero-order valence-electron chi connectivity index (χ0n) is 21.6. The number of methoxy groups -OCH3 is 1. The van der Waals surface area contributed by atoms with Crippen LogP contribution in [0.4, 0.5) is 5.82 Å². The molecule has 18 nitrogen and oxygen atoms in total. The molecular formula is C21H25N4O14P3. The van der Waals surface area contributed by atoms with E-state index in [4.69, 9.17) is 25.0 Å². The van der Waals surface area contributed by atoms with Gasteiger partial charge in [-0.3, -0.25) is 4.52 Å². The van der Waals surface area contributed by atoms with Gasteiger partial charge in [-0.25, -0.2) is 23.7 Å². The van der Waals surface area contributed by atoms with E-state index in [1.807, 2.05) is 0 Å². The molecule has 42 heavy (non-hydrogen) atoms. The van der Waals surface area contributed by atoms with Gasteiger partial charge < -0.3 is 49.6 Å². The maximum atomic E-state index is 12.1. The Labute approximate surface area is 237 Å². The number of hydrogen-bond donors (Lipinski definition) is 7. The van der Waals surface area contributed by atoms with E-state index in [9.17, 15) is 33.7 Å². The van der Waals surface area contributed by atoms with Crippen LogP contribution in [0.25, 0.3) is 11.0 Å². The molecule has 21 heteroatoms. The van der Waals surface area contributed by atoms with Gasteiger partial charge in [-0.05, 0) is 31.2 Å². The van der Waals surface area contributed by atoms with Gasteiger partial charge in [0, 0.05) is 11.8 Å². The second-order valence-corrected chi connectivity index (χ2v) is 13.4. The molecular weight excluding hydrogens is 625 g/mol. The lowest BCUT2D eigenvalue weighted by atomic mass is 9.96. The van der Waals surface area contributed by atoms with Crippen molar-refractivity contribution in [2.45, 2.75) is 31.0 Å². The van der Waals surface area contributed by atoms with Gasteiger partial charge in [0.15, 0.2) is 6.23 Å². The Balaban J connectivity index is 1.60. The zero-order chi connectivity index (χ0) is 31.1. The molecule has 3 heterocycles. The van der Waals surface area contributed by atoms with Crippen LogP contribution < -0.4 is 10.5 Å². The summed E-state index contributed by atoms with van der Waals surface area (Å²) in [6, 6.07) is 6.90. The standard InChI is InChI=1S/C21H25N4O14P3/c1-21(27)17(26)15(10-36-41(31,32)39-42(33,34)38-40(28,29)30)37-20(21)25-9-13(16-18(22)23-11-24-19(16)25)6-3-12-4-7-14(35-2)8-5-12/h4-5,7-9,11,15,17,20,26-27H,10H2,1-2H3,(H,31,32)(H,33,34)(H2,22,23,24)(H2,28,29,30)/t15-,17-,20-,21-/m1/s1.